The minimum Gasteiger partial charge on any atom is -0.372 e. The van der Waals surface area contributed by atoms with E-state index >= 15 is 0 Å². The number of hydrazone groups is 1. The quantitative estimate of drug-likeness (QED) is 0.606. The van der Waals surface area contributed by atoms with Gasteiger partial charge in [-0.25, -0.2) is 10.4 Å². The summed E-state index contributed by atoms with van der Waals surface area (Å²) in [6.45, 7) is 1.86. The van der Waals surface area contributed by atoms with Gasteiger partial charge in [0.05, 0.1) is 22.5 Å². The topological polar surface area (TPSA) is 51.1 Å². The molecule has 2 aromatic carbocycles. The van der Waals surface area contributed by atoms with E-state index in [1.165, 1.54) is 6.42 Å². The van der Waals surface area contributed by atoms with Gasteiger partial charge in [-0.1, -0.05) is 53.4 Å². The molecule has 0 bridgehead atoms. The maximum atomic E-state index is 10.8. The second kappa shape index (κ2) is 9.21. The smallest absolute Gasteiger partial charge is 0.158 e. The lowest BCUT2D eigenvalue weighted by Crippen LogP contribution is -2.50. The molecule has 2 aliphatic heterocycles. The number of benzene rings is 2. The molecule has 2 aromatic rings. The Morgan fingerprint density at radius 2 is 1.66 bits per heavy atom. The summed E-state index contributed by atoms with van der Waals surface area (Å²) in [5, 5.41) is 21.2. The van der Waals surface area contributed by atoms with Crippen LogP contribution in [0.3, 0.4) is 0 Å². The number of hydrogen-bond donors (Lipinski definition) is 2. The molecule has 0 spiro atoms. The van der Waals surface area contributed by atoms with E-state index in [0.29, 0.717) is 27.2 Å². The third kappa shape index (κ3) is 4.88. The molecule has 0 aliphatic carbocycles. The van der Waals surface area contributed by atoms with Crippen molar-refractivity contribution in [2.45, 2.75) is 38.0 Å². The molecule has 2 aliphatic rings. The van der Waals surface area contributed by atoms with E-state index in [-0.39, 0.29) is 6.04 Å². The summed E-state index contributed by atoms with van der Waals surface area (Å²) >= 11 is 18.6. The Balaban J connectivity index is 1.61. The number of hydrazine groups is 1. The zero-order valence-corrected chi connectivity index (χ0v) is 18.1. The van der Waals surface area contributed by atoms with Gasteiger partial charge in [0.25, 0.3) is 0 Å². The van der Waals surface area contributed by atoms with Crippen molar-refractivity contribution in [3.8, 4) is 0 Å². The average Bonchev–Trinajstić information content (AvgIpc) is 3.14. The first-order valence-corrected chi connectivity index (χ1v) is 10.9. The van der Waals surface area contributed by atoms with Gasteiger partial charge in [0.1, 0.15) is 0 Å². The van der Waals surface area contributed by atoms with Crippen LogP contribution in [0.5, 0.6) is 0 Å². The summed E-state index contributed by atoms with van der Waals surface area (Å²) in [5.41, 5.74) is 5.65. The predicted molar refractivity (Wildman–Crippen MR) is 120 cm³/mol. The molecule has 154 valence electrons. The van der Waals surface area contributed by atoms with E-state index in [1.54, 1.807) is 12.1 Å². The summed E-state index contributed by atoms with van der Waals surface area (Å²) in [4.78, 5) is 0. The maximum Gasteiger partial charge on any atom is 0.158 e. The van der Waals surface area contributed by atoms with Crippen LogP contribution in [-0.4, -0.2) is 35.1 Å². The molecule has 0 radical (unpaired) electrons. The number of rotatable bonds is 5. The Morgan fingerprint density at radius 1 is 0.966 bits per heavy atom. The highest BCUT2D eigenvalue weighted by Crippen LogP contribution is 2.40. The van der Waals surface area contributed by atoms with E-state index in [0.717, 1.165) is 37.2 Å². The molecule has 0 saturated carbocycles. The number of halogens is 3. The van der Waals surface area contributed by atoms with Gasteiger partial charge in [0.2, 0.25) is 0 Å². The van der Waals surface area contributed by atoms with Gasteiger partial charge in [-0.2, -0.15) is 5.10 Å². The second-order valence-electron chi connectivity index (χ2n) is 7.38. The molecule has 4 rings (SSSR count). The zero-order chi connectivity index (χ0) is 20.4. The van der Waals surface area contributed by atoms with Gasteiger partial charge in [-0.05, 0) is 48.7 Å². The first-order valence-electron chi connectivity index (χ1n) is 9.77. The van der Waals surface area contributed by atoms with Gasteiger partial charge in [-0.15, -0.1) is 0 Å². The van der Waals surface area contributed by atoms with Crippen molar-refractivity contribution in [3.63, 3.8) is 0 Å². The first kappa shape index (κ1) is 20.9. The van der Waals surface area contributed by atoms with Gasteiger partial charge < -0.3 is 5.11 Å². The summed E-state index contributed by atoms with van der Waals surface area (Å²) in [7, 11) is 0. The number of piperidine rings is 1. The molecule has 0 amide bonds. The largest absolute Gasteiger partial charge is 0.372 e. The van der Waals surface area contributed by atoms with Gasteiger partial charge in [-0.3, -0.25) is 5.01 Å². The lowest BCUT2D eigenvalue weighted by atomic mass is 10.0. The standard InChI is InChI=1S/C21H23Cl3N4O/c22-15-6-4-14(5-7-15)20-13-18(21(29)26-27-10-2-1-3-11-27)25-28(20)19-9-8-16(23)12-17(19)24/h4-9,12,20-21,26,29H,1-3,10-11,13H2. The van der Waals surface area contributed by atoms with E-state index in [4.69, 9.17) is 39.9 Å². The minimum absolute atomic E-state index is 0.0984. The number of anilines is 1. The normalized spacial score (nSPS) is 21.3. The molecule has 0 aromatic heterocycles. The van der Waals surface area contributed by atoms with E-state index < -0.39 is 6.23 Å². The van der Waals surface area contributed by atoms with Crippen LogP contribution in [0.25, 0.3) is 0 Å². The Morgan fingerprint density at radius 3 is 2.34 bits per heavy atom. The van der Waals surface area contributed by atoms with Crippen LogP contribution in [0.1, 0.15) is 37.3 Å². The molecule has 1 fully saturated rings. The molecule has 2 atom stereocenters. The fraction of sp³-hybridized carbons (Fsp3) is 0.381. The average molecular weight is 454 g/mol. The van der Waals surface area contributed by atoms with Crippen LogP contribution in [0.4, 0.5) is 5.69 Å². The van der Waals surface area contributed by atoms with Crippen LogP contribution in [0, 0.1) is 0 Å². The van der Waals surface area contributed by atoms with Gasteiger partial charge >= 0.3 is 0 Å². The maximum absolute atomic E-state index is 10.8. The Hall–Kier alpha value is -1.34. The van der Waals surface area contributed by atoms with E-state index in [9.17, 15) is 5.11 Å². The van der Waals surface area contributed by atoms with Crippen molar-refractivity contribution in [1.29, 1.82) is 0 Å². The third-order valence-electron chi connectivity index (χ3n) is 5.32. The van der Waals surface area contributed by atoms with Crippen molar-refractivity contribution >= 4 is 46.2 Å². The molecule has 8 heteroatoms. The van der Waals surface area contributed by atoms with Gasteiger partial charge in [0, 0.05) is 29.6 Å². The van der Waals surface area contributed by atoms with Crippen LogP contribution in [0.2, 0.25) is 15.1 Å². The van der Waals surface area contributed by atoms with Crippen molar-refractivity contribution in [2.24, 2.45) is 5.10 Å². The minimum atomic E-state index is -0.848. The van der Waals surface area contributed by atoms with Crippen LogP contribution >= 0.6 is 34.8 Å². The number of aliphatic hydroxyl groups is 1. The molecule has 2 heterocycles. The third-order valence-corrected chi connectivity index (χ3v) is 6.11. The van der Waals surface area contributed by atoms with E-state index in [2.05, 4.69) is 10.4 Å². The number of aliphatic hydroxyl groups excluding tert-OH is 1. The fourth-order valence-corrected chi connectivity index (χ4v) is 4.42. The Kier molecular flexibility index (Phi) is 6.64. The SMILES string of the molecule is OC(NN1CCCCC1)C1=NN(c2ccc(Cl)cc2Cl)C(c2ccc(Cl)cc2)C1. The molecule has 5 nitrogen and oxygen atoms in total. The zero-order valence-electron chi connectivity index (χ0n) is 15.9. The molecular weight excluding hydrogens is 431 g/mol. The number of nitrogens with zero attached hydrogens (tertiary/aromatic N) is 3. The lowest BCUT2D eigenvalue weighted by molar-refractivity contribution is 0.0609. The predicted octanol–water partition coefficient (Wildman–Crippen LogP) is 5.26. The van der Waals surface area contributed by atoms with Crippen molar-refractivity contribution in [2.75, 3.05) is 18.1 Å². The first-order chi connectivity index (χ1) is 14.0. The summed E-state index contributed by atoms with van der Waals surface area (Å²) in [6.07, 6.45) is 3.22. The van der Waals surface area contributed by atoms with Crippen LogP contribution < -0.4 is 10.4 Å². The second-order valence-corrected chi connectivity index (χ2v) is 8.66. The molecule has 2 unspecified atom stereocenters. The fourth-order valence-electron chi connectivity index (χ4n) is 3.80. The number of nitrogens with one attached hydrogen (secondary N) is 1. The number of hydrogen-bond acceptors (Lipinski definition) is 5. The molecule has 29 heavy (non-hydrogen) atoms. The Labute approximate surface area is 185 Å². The molecule has 2 N–H and O–H groups in total. The highest BCUT2D eigenvalue weighted by Gasteiger charge is 2.34. The van der Waals surface area contributed by atoms with Gasteiger partial charge in [0.15, 0.2) is 6.23 Å². The summed E-state index contributed by atoms with van der Waals surface area (Å²) in [6, 6.07) is 12.9. The summed E-state index contributed by atoms with van der Waals surface area (Å²) in [5.74, 6) is 0. The molecule has 1 saturated heterocycles. The lowest BCUT2D eigenvalue weighted by Gasteiger charge is -2.29. The van der Waals surface area contributed by atoms with Crippen molar-refractivity contribution in [3.05, 3.63) is 63.1 Å². The van der Waals surface area contributed by atoms with Crippen molar-refractivity contribution < 1.29 is 5.11 Å². The van der Waals surface area contributed by atoms with Crippen LogP contribution in [0.15, 0.2) is 47.6 Å². The monoisotopic (exact) mass is 452 g/mol. The van der Waals surface area contributed by atoms with E-state index in [1.807, 2.05) is 35.3 Å². The highest BCUT2D eigenvalue weighted by atomic mass is 35.5. The Bertz CT molecular complexity index is 884. The van der Waals surface area contributed by atoms with Crippen molar-refractivity contribution in [1.82, 2.24) is 10.4 Å². The molecular formula is C21H23Cl3N4O. The highest BCUT2D eigenvalue weighted by molar-refractivity contribution is 6.36. The summed E-state index contributed by atoms with van der Waals surface area (Å²) < 4.78 is 0. The van der Waals surface area contributed by atoms with Crippen LogP contribution in [-0.2, 0) is 0 Å².